The Hall–Kier alpha value is -1.43. The number of rotatable bonds is 5. The van der Waals surface area contributed by atoms with E-state index in [9.17, 15) is 13.2 Å². The lowest BCUT2D eigenvalue weighted by Crippen LogP contribution is -2.35. The van der Waals surface area contributed by atoms with E-state index in [-0.39, 0.29) is 0 Å². The van der Waals surface area contributed by atoms with Gasteiger partial charge in [0.25, 0.3) is 0 Å². The average Bonchev–Trinajstić information content (AvgIpc) is 2.29. The minimum Gasteiger partial charge on any atom is -0.497 e. The molecular weight excluding hydrogens is 235 g/mol. The molecule has 1 atom stereocenters. The molecule has 0 saturated heterocycles. The maximum atomic E-state index is 12.4. The molecule has 0 radical (unpaired) electrons. The van der Waals surface area contributed by atoms with Gasteiger partial charge in [0.2, 0.25) is 0 Å². The third-order valence-corrected chi connectivity index (χ3v) is 2.26. The topological polar surface area (TPSA) is 44.5 Å². The van der Waals surface area contributed by atoms with E-state index in [1.165, 1.54) is 7.11 Å². The Morgan fingerprint density at radius 1 is 1.18 bits per heavy atom. The number of benzene rings is 1. The minimum atomic E-state index is -4.33. The van der Waals surface area contributed by atoms with Gasteiger partial charge in [-0.15, -0.1) is 0 Å². The molecule has 2 N–H and O–H groups in total. The van der Waals surface area contributed by atoms with Gasteiger partial charge in [-0.25, -0.2) is 0 Å². The highest BCUT2D eigenvalue weighted by Gasteiger charge is 2.39. The highest BCUT2D eigenvalue weighted by molar-refractivity contribution is 5.31. The van der Waals surface area contributed by atoms with Crippen LogP contribution in [0.5, 0.6) is 11.5 Å². The number of alkyl halides is 3. The van der Waals surface area contributed by atoms with E-state index in [1.807, 2.05) is 0 Å². The van der Waals surface area contributed by atoms with Gasteiger partial charge in [-0.2, -0.15) is 13.2 Å². The summed E-state index contributed by atoms with van der Waals surface area (Å²) in [6.07, 6.45) is -4.33. The lowest BCUT2D eigenvalue weighted by Gasteiger charge is -2.18. The Kier molecular flexibility index (Phi) is 4.62. The van der Waals surface area contributed by atoms with Crippen LogP contribution in [0.2, 0.25) is 0 Å². The van der Waals surface area contributed by atoms with Crippen LogP contribution in [0.4, 0.5) is 13.2 Å². The molecule has 0 spiro atoms. The van der Waals surface area contributed by atoms with E-state index >= 15 is 0 Å². The summed E-state index contributed by atoms with van der Waals surface area (Å²) >= 11 is 0. The van der Waals surface area contributed by atoms with Crippen molar-refractivity contribution in [3.63, 3.8) is 0 Å². The molecule has 96 valence electrons. The maximum Gasteiger partial charge on any atom is 0.396 e. The van der Waals surface area contributed by atoms with Crippen molar-refractivity contribution in [2.45, 2.75) is 6.18 Å². The lowest BCUT2D eigenvalue weighted by atomic mass is 10.1. The van der Waals surface area contributed by atoms with Gasteiger partial charge in [0.05, 0.1) is 7.11 Å². The molecule has 17 heavy (non-hydrogen) atoms. The molecule has 1 unspecified atom stereocenters. The highest BCUT2D eigenvalue weighted by Crippen LogP contribution is 2.26. The second-order valence-electron chi connectivity index (χ2n) is 3.46. The zero-order chi connectivity index (χ0) is 12.9. The zero-order valence-corrected chi connectivity index (χ0v) is 9.33. The molecule has 0 saturated carbocycles. The Morgan fingerprint density at radius 2 is 1.71 bits per heavy atom. The van der Waals surface area contributed by atoms with Gasteiger partial charge < -0.3 is 15.2 Å². The van der Waals surface area contributed by atoms with Crippen molar-refractivity contribution < 1.29 is 22.6 Å². The van der Waals surface area contributed by atoms with Crippen LogP contribution in [0.15, 0.2) is 24.3 Å². The summed E-state index contributed by atoms with van der Waals surface area (Å²) in [4.78, 5) is 0. The quantitative estimate of drug-likeness (QED) is 0.870. The second kappa shape index (κ2) is 5.77. The summed E-state index contributed by atoms with van der Waals surface area (Å²) in [6, 6.07) is 6.31. The van der Waals surface area contributed by atoms with Crippen LogP contribution in [0.3, 0.4) is 0 Å². The average molecular weight is 249 g/mol. The van der Waals surface area contributed by atoms with Crippen molar-refractivity contribution in [3.8, 4) is 11.5 Å². The molecule has 0 aliphatic carbocycles. The number of methoxy groups -OCH3 is 1. The van der Waals surface area contributed by atoms with Crippen LogP contribution in [0.1, 0.15) is 0 Å². The number of ether oxygens (including phenoxy) is 2. The van der Waals surface area contributed by atoms with Gasteiger partial charge in [0, 0.05) is 6.54 Å². The number of nitrogens with two attached hydrogens (primary N) is 1. The van der Waals surface area contributed by atoms with Gasteiger partial charge in [-0.05, 0) is 24.3 Å². The summed E-state index contributed by atoms with van der Waals surface area (Å²) in [7, 11) is 1.50. The standard InChI is InChI=1S/C11H14F3NO2/c1-16-9-2-4-10(5-3-9)17-7-8(6-15)11(12,13)14/h2-5,8H,6-7,15H2,1H3. The van der Waals surface area contributed by atoms with Crippen LogP contribution < -0.4 is 15.2 Å². The van der Waals surface area contributed by atoms with Crippen molar-refractivity contribution in [2.75, 3.05) is 20.3 Å². The molecule has 1 rings (SSSR count). The molecule has 3 nitrogen and oxygen atoms in total. The largest absolute Gasteiger partial charge is 0.497 e. The van der Waals surface area contributed by atoms with E-state index in [4.69, 9.17) is 15.2 Å². The first-order valence-electron chi connectivity index (χ1n) is 5.01. The maximum absolute atomic E-state index is 12.4. The molecule has 1 aromatic carbocycles. The van der Waals surface area contributed by atoms with Crippen molar-refractivity contribution in [3.05, 3.63) is 24.3 Å². The Balaban J connectivity index is 2.54. The Bertz CT molecular complexity index is 338. The first kappa shape index (κ1) is 13.6. The number of hydrogen-bond donors (Lipinski definition) is 1. The molecule has 0 aromatic heterocycles. The van der Waals surface area contributed by atoms with Crippen molar-refractivity contribution >= 4 is 0 Å². The van der Waals surface area contributed by atoms with Gasteiger partial charge in [0.1, 0.15) is 24.0 Å². The molecule has 0 aliphatic heterocycles. The summed E-state index contributed by atoms with van der Waals surface area (Å²) in [5.41, 5.74) is 5.05. The molecular formula is C11H14F3NO2. The van der Waals surface area contributed by atoms with Crippen molar-refractivity contribution in [2.24, 2.45) is 11.7 Å². The zero-order valence-electron chi connectivity index (χ0n) is 9.33. The fraction of sp³-hybridized carbons (Fsp3) is 0.455. The second-order valence-corrected chi connectivity index (χ2v) is 3.46. The molecule has 0 aliphatic rings. The monoisotopic (exact) mass is 249 g/mol. The molecule has 0 amide bonds. The highest BCUT2D eigenvalue weighted by atomic mass is 19.4. The van der Waals surface area contributed by atoms with Gasteiger partial charge in [0.15, 0.2) is 0 Å². The molecule has 1 aromatic rings. The SMILES string of the molecule is COc1ccc(OCC(CN)C(F)(F)F)cc1. The van der Waals surface area contributed by atoms with E-state index in [1.54, 1.807) is 24.3 Å². The molecule has 0 fully saturated rings. The lowest BCUT2D eigenvalue weighted by molar-refractivity contribution is -0.178. The third kappa shape index (κ3) is 4.14. The Morgan fingerprint density at radius 3 is 2.12 bits per heavy atom. The fourth-order valence-corrected chi connectivity index (χ4v) is 1.16. The number of hydrogen-bond acceptors (Lipinski definition) is 3. The van der Waals surface area contributed by atoms with Gasteiger partial charge in [-0.3, -0.25) is 0 Å². The van der Waals surface area contributed by atoms with E-state index in [0.717, 1.165) is 0 Å². The summed E-state index contributed by atoms with van der Waals surface area (Å²) in [6.45, 7) is -0.966. The third-order valence-electron chi connectivity index (χ3n) is 2.26. The van der Waals surface area contributed by atoms with Crippen LogP contribution >= 0.6 is 0 Å². The first-order chi connectivity index (χ1) is 7.97. The fourth-order valence-electron chi connectivity index (χ4n) is 1.16. The predicted molar refractivity (Wildman–Crippen MR) is 57.1 cm³/mol. The minimum absolute atomic E-state index is 0.355. The molecule has 0 bridgehead atoms. The Labute approximate surface area is 97.3 Å². The van der Waals surface area contributed by atoms with Crippen molar-refractivity contribution in [1.29, 1.82) is 0 Å². The number of halogens is 3. The molecule has 0 heterocycles. The van der Waals surface area contributed by atoms with E-state index in [2.05, 4.69) is 0 Å². The van der Waals surface area contributed by atoms with Gasteiger partial charge in [-0.1, -0.05) is 0 Å². The first-order valence-corrected chi connectivity index (χ1v) is 5.01. The summed E-state index contributed by atoms with van der Waals surface area (Å²) in [5.74, 6) is -0.679. The smallest absolute Gasteiger partial charge is 0.396 e. The molecule has 6 heteroatoms. The van der Waals surface area contributed by atoms with Crippen molar-refractivity contribution in [1.82, 2.24) is 0 Å². The van der Waals surface area contributed by atoms with Crippen LogP contribution in [-0.4, -0.2) is 26.4 Å². The van der Waals surface area contributed by atoms with Crippen LogP contribution in [0.25, 0.3) is 0 Å². The van der Waals surface area contributed by atoms with E-state index in [0.29, 0.717) is 11.5 Å². The summed E-state index contributed by atoms with van der Waals surface area (Å²) < 4.78 is 47.0. The predicted octanol–water partition coefficient (Wildman–Crippen LogP) is 2.21. The van der Waals surface area contributed by atoms with Crippen LogP contribution in [-0.2, 0) is 0 Å². The summed E-state index contributed by atoms with van der Waals surface area (Å²) in [5, 5.41) is 0. The van der Waals surface area contributed by atoms with Gasteiger partial charge >= 0.3 is 6.18 Å². The normalized spacial score (nSPS) is 13.2. The van der Waals surface area contributed by atoms with E-state index < -0.39 is 25.2 Å². The van der Waals surface area contributed by atoms with Crippen LogP contribution in [0, 0.1) is 5.92 Å².